The van der Waals surface area contributed by atoms with Crippen LogP contribution in [0.5, 0.6) is 0 Å². The number of halogens is 1. The monoisotopic (exact) mass is 376 g/mol. The zero-order valence-corrected chi connectivity index (χ0v) is 14.4. The Morgan fingerprint density at radius 3 is 2.40 bits per heavy atom. The van der Waals surface area contributed by atoms with E-state index in [4.69, 9.17) is 0 Å². The van der Waals surface area contributed by atoms with E-state index < -0.39 is 21.7 Å². The number of amides is 1. The van der Waals surface area contributed by atoms with E-state index in [-0.39, 0.29) is 15.5 Å². The molecule has 1 amide bonds. The second-order valence-electron chi connectivity index (χ2n) is 5.08. The highest BCUT2D eigenvalue weighted by atomic mass is 32.2. The Hall–Kier alpha value is -2.71. The van der Waals surface area contributed by atoms with Gasteiger partial charge in [-0.25, -0.2) is 12.8 Å². The normalized spacial score (nSPS) is 11.1. The Labute approximate surface area is 148 Å². The molecular weight excluding hydrogens is 363 g/mol. The number of rotatable bonds is 5. The highest BCUT2D eigenvalue weighted by molar-refractivity contribution is 7.94. The summed E-state index contributed by atoms with van der Waals surface area (Å²) in [6.07, 6.45) is 0. The first-order chi connectivity index (χ1) is 11.9. The van der Waals surface area contributed by atoms with Gasteiger partial charge in [0.05, 0.1) is 0 Å². The van der Waals surface area contributed by atoms with Gasteiger partial charge in [-0.2, -0.15) is 0 Å². The summed E-state index contributed by atoms with van der Waals surface area (Å²) in [7, 11) is -3.68. The van der Waals surface area contributed by atoms with Crippen molar-refractivity contribution in [3.05, 3.63) is 77.4 Å². The first-order valence-electron chi connectivity index (χ1n) is 7.17. The van der Waals surface area contributed by atoms with Crippen molar-refractivity contribution in [2.45, 2.75) is 4.21 Å². The number of hydrogen-bond acceptors (Lipinski definition) is 4. The van der Waals surface area contributed by atoms with Crippen LogP contribution in [0, 0.1) is 5.82 Å². The second-order valence-corrected chi connectivity index (χ2v) is 7.94. The summed E-state index contributed by atoms with van der Waals surface area (Å²) < 4.78 is 40.0. The first-order valence-corrected chi connectivity index (χ1v) is 9.54. The molecule has 0 bridgehead atoms. The Morgan fingerprint density at radius 1 is 0.960 bits per heavy atom. The quantitative estimate of drug-likeness (QED) is 0.708. The lowest BCUT2D eigenvalue weighted by Crippen LogP contribution is -2.14. The molecule has 0 fully saturated rings. The number of benzene rings is 2. The number of hydrogen-bond donors (Lipinski definition) is 2. The molecular formula is C17H13FN2O3S2. The number of anilines is 2. The largest absolute Gasteiger partial charge is 0.322 e. The minimum atomic E-state index is -3.68. The number of carbonyl (C=O) groups is 1. The third kappa shape index (κ3) is 4.23. The van der Waals surface area contributed by atoms with Crippen LogP contribution in [0.2, 0.25) is 0 Å². The van der Waals surface area contributed by atoms with E-state index in [9.17, 15) is 17.6 Å². The first kappa shape index (κ1) is 17.1. The van der Waals surface area contributed by atoms with Crippen molar-refractivity contribution in [3.63, 3.8) is 0 Å². The van der Waals surface area contributed by atoms with Gasteiger partial charge in [-0.1, -0.05) is 12.1 Å². The van der Waals surface area contributed by atoms with Gasteiger partial charge in [0.25, 0.3) is 15.9 Å². The topological polar surface area (TPSA) is 75.3 Å². The van der Waals surface area contributed by atoms with Gasteiger partial charge in [-0.15, -0.1) is 11.3 Å². The average molecular weight is 376 g/mol. The van der Waals surface area contributed by atoms with Crippen molar-refractivity contribution in [3.8, 4) is 0 Å². The molecule has 8 heteroatoms. The minimum Gasteiger partial charge on any atom is -0.322 e. The van der Waals surface area contributed by atoms with Gasteiger partial charge in [0.15, 0.2) is 0 Å². The molecule has 0 aliphatic heterocycles. The molecule has 0 unspecified atom stereocenters. The molecule has 3 aromatic rings. The third-order valence-corrected chi connectivity index (χ3v) is 6.02. The van der Waals surface area contributed by atoms with Crippen LogP contribution in [0.3, 0.4) is 0 Å². The van der Waals surface area contributed by atoms with Crippen LogP contribution in [-0.4, -0.2) is 14.3 Å². The molecule has 0 aliphatic rings. The van der Waals surface area contributed by atoms with E-state index in [1.165, 1.54) is 36.4 Å². The molecule has 1 heterocycles. The van der Waals surface area contributed by atoms with Gasteiger partial charge in [-0.05, 0) is 53.9 Å². The average Bonchev–Trinajstić information content (AvgIpc) is 3.12. The zero-order chi connectivity index (χ0) is 17.9. The number of carbonyl (C=O) groups excluding carboxylic acids is 1. The fraction of sp³-hybridized carbons (Fsp3) is 0. The SMILES string of the molecule is O=C(Nc1ccc(F)cc1)c1cccc(NS(=O)(=O)c2cccs2)c1. The van der Waals surface area contributed by atoms with Gasteiger partial charge in [0, 0.05) is 16.9 Å². The van der Waals surface area contributed by atoms with Crippen LogP contribution in [0.4, 0.5) is 15.8 Å². The van der Waals surface area contributed by atoms with Crippen molar-refractivity contribution < 1.29 is 17.6 Å². The van der Waals surface area contributed by atoms with Crippen molar-refractivity contribution in [2.75, 3.05) is 10.0 Å². The standard InChI is InChI=1S/C17H13FN2O3S2/c18-13-6-8-14(9-7-13)19-17(21)12-3-1-4-15(11-12)20-25(22,23)16-5-2-10-24-16/h1-11,20H,(H,19,21). The molecule has 2 N–H and O–H groups in total. The molecule has 25 heavy (non-hydrogen) atoms. The highest BCUT2D eigenvalue weighted by Gasteiger charge is 2.16. The molecule has 0 spiro atoms. The molecule has 2 aromatic carbocycles. The minimum absolute atomic E-state index is 0.189. The van der Waals surface area contributed by atoms with E-state index in [0.717, 1.165) is 11.3 Å². The maximum absolute atomic E-state index is 12.9. The van der Waals surface area contributed by atoms with E-state index >= 15 is 0 Å². The molecule has 1 aromatic heterocycles. The van der Waals surface area contributed by atoms with Crippen LogP contribution < -0.4 is 10.0 Å². The lowest BCUT2D eigenvalue weighted by atomic mass is 10.2. The van der Waals surface area contributed by atoms with E-state index in [2.05, 4.69) is 10.0 Å². The Balaban J connectivity index is 1.77. The van der Waals surface area contributed by atoms with Gasteiger partial charge in [-0.3, -0.25) is 9.52 Å². The number of thiophene rings is 1. The van der Waals surface area contributed by atoms with Crippen LogP contribution in [0.15, 0.2) is 70.3 Å². The maximum Gasteiger partial charge on any atom is 0.271 e. The lowest BCUT2D eigenvalue weighted by Gasteiger charge is -2.09. The molecule has 5 nitrogen and oxygen atoms in total. The summed E-state index contributed by atoms with van der Waals surface area (Å²) in [5, 5.41) is 4.29. The van der Waals surface area contributed by atoms with E-state index in [0.29, 0.717) is 5.69 Å². The van der Waals surface area contributed by atoms with Crippen molar-refractivity contribution in [1.29, 1.82) is 0 Å². The Bertz CT molecular complexity index is 985. The van der Waals surface area contributed by atoms with Gasteiger partial charge < -0.3 is 5.32 Å². The smallest absolute Gasteiger partial charge is 0.271 e. The Morgan fingerprint density at radius 2 is 1.72 bits per heavy atom. The molecule has 0 saturated heterocycles. The van der Waals surface area contributed by atoms with Gasteiger partial charge in [0.2, 0.25) is 0 Å². The summed E-state index contributed by atoms with van der Waals surface area (Å²) in [4.78, 5) is 12.3. The van der Waals surface area contributed by atoms with Crippen molar-refractivity contribution >= 4 is 38.6 Å². The second kappa shape index (κ2) is 7.04. The fourth-order valence-electron chi connectivity index (χ4n) is 2.08. The third-order valence-electron chi connectivity index (χ3n) is 3.24. The molecule has 0 aliphatic carbocycles. The van der Waals surface area contributed by atoms with Crippen LogP contribution in [0.25, 0.3) is 0 Å². The predicted octanol–water partition coefficient (Wildman–Crippen LogP) is 3.94. The summed E-state index contributed by atoms with van der Waals surface area (Å²) >= 11 is 1.10. The van der Waals surface area contributed by atoms with Crippen molar-refractivity contribution in [1.82, 2.24) is 0 Å². The molecule has 0 radical (unpaired) electrons. The van der Waals surface area contributed by atoms with Gasteiger partial charge in [0.1, 0.15) is 10.0 Å². The summed E-state index contributed by atoms with van der Waals surface area (Å²) in [6.45, 7) is 0. The van der Waals surface area contributed by atoms with Gasteiger partial charge >= 0.3 is 0 Å². The number of nitrogens with one attached hydrogen (secondary N) is 2. The van der Waals surface area contributed by atoms with E-state index in [1.54, 1.807) is 29.6 Å². The van der Waals surface area contributed by atoms with Crippen LogP contribution in [0.1, 0.15) is 10.4 Å². The fourth-order valence-corrected chi connectivity index (χ4v) is 4.12. The van der Waals surface area contributed by atoms with Crippen LogP contribution >= 0.6 is 11.3 Å². The summed E-state index contributed by atoms with van der Waals surface area (Å²) in [5.41, 5.74) is 0.992. The Kier molecular flexibility index (Phi) is 4.82. The zero-order valence-electron chi connectivity index (χ0n) is 12.8. The molecule has 0 atom stereocenters. The maximum atomic E-state index is 12.9. The highest BCUT2D eigenvalue weighted by Crippen LogP contribution is 2.21. The molecule has 128 valence electrons. The predicted molar refractivity (Wildman–Crippen MR) is 95.9 cm³/mol. The summed E-state index contributed by atoms with van der Waals surface area (Å²) in [6, 6.07) is 14.6. The number of sulfonamides is 1. The lowest BCUT2D eigenvalue weighted by molar-refractivity contribution is 0.102. The summed E-state index contributed by atoms with van der Waals surface area (Å²) in [5.74, 6) is -0.827. The van der Waals surface area contributed by atoms with Crippen LogP contribution in [-0.2, 0) is 10.0 Å². The molecule has 0 saturated carbocycles. The molecule has 3 rings (SSSR count). The van der Waals surface area contributed by atoms with E-state index in [1.807, 2.05) is 0 Å². The van der Waals surface area contributed by atoms with Crippen molar-refractivity contribution in [2.24, 2.45) is 0 Å².